The highest BCUT2D eigenvalue weighted by molar-refractivity contribution is 5.67. The van der Waals surface area contributed by atoms with Gasteiger partial charge in [0.05, 0.1) is 0 Å². The van der Waals surface area contributed by atoms with Crippen LogP contribution in [0.15, 0.2) is 24.3 Å². The van der Waals surface area contributed by atoms with Crippen LogP contribution in [0.5, 0.6) is 0 Å². The molecule has 0 saturated heterocycles. The van der Waals surface area contributed by atoms with E-state index >= 15 is 0 Å². The van der Waals surface area contributed by atoms with Crippen molar-refractivity contribution in [2.75, 3.05) is 6.54 Å². The van der Waals surface area contributed by atoms with Crippen molar-refractivity contribution < 1.29 is 18.8 Å². The fraction of sp³-hybridized carbons (Fsp3) is 0.500. The molecule has 0 heterocycles. The molecule has 1 rings (SSSR count). The highest BCUT2D eigenvalue weighted by Gasteiger charge is 2.17. The van der Waals surface area contributed by atoms with E-state index in [1.807, 2.05) is 0 Å². The molecule has 20 heavy (non-hydrogen) atoms. The summed E-state index contributed by atoms with van der Waals surface area (Å²) in [5.74, 6) is 4.85. The number of alkyl carbamates (subject to hydrolysis) is 1. The quantitative estimate of drug-likeness (QED) is 0.815. The van der Waals surface area contributed by atoms with Crippen LogP contribution >= 0.6 is 0 Å². The first-order chi connectivity index (χ1) is 9.31. The van der Waals surface area contributed by atoms with Crippen LogP contribution in [-0.4, -0.2) is 18.2 Å². The van der Waals surface area contributed by atoms with E-state index in [0.29, 0.717) is 18.5 Å². The highest BCUT2D eigenvalue weighted by atomic mass is 19.1. The molecule has 0 spiro atoms. The number of nitrogens with two attached hydrogens (primary N) is 1. The average Bonchev–Trinajstić information content (AvgIpc) is 2.32. The van der Waals surface area contributed by atoms with E-state index in [9.17, 15) is 9.18 Å². The van der Waals surface area contributed by atoms with E-state index < -0.39 is 17.8 Å². The monoisotopic (exact) mass is 284 g/mol. The number of carbonyl (C=O) groups is 1. The first kappa shape index (κ1) is 16.4. The van der Waals surface area contributed by atoms with E-state index in [-0.39, 0.29) is 5.82 Å². The molecule has 5 nitrogen and oxygen atoms in total. The molecule has 1 unspecified atom stereocenters. The predicted octanol–water partition coefficient (Wildman–Crippen LogP) is 2.67. The van der Waals surface area contributed by atoms with Gasteiger partial charge in [-0.05, 0) is 44.9 Å². The van der Waals surface area contributed by atoms with Gasteiger partial charge in [0.25, 0.3) is 0 Å². The molecule has 0 aliphatic heterocycles. The lowest BCUT2D eigenvalue weighted by Gasteiger charge is -2.20. The fourth-order valence-electron chi connectivity index (χ4n) is 1.64. The molecule has 6 heteroatoms. The minimum Gasteiger partial charge on any atom is -0.444 e. The maximum Gasteiger partial charge on any atom is 0.407 e. The van der Waals surface area contributed by atoms with Gasteiger partial charge in [-0.2, -0.15) is 0 Å². The van der Waals surface area contributed by atoms with E-state index in [1.165, 1.54) is 12.1 Å². The van der Waals surface area contributed by atoms with Gasteiger partial charge in [-0.15, -0.1) is 0 Å². The topological polar surface area (TPSA) is 73.6 Å². The van der Waals surface area contributed by atoms with Crippen LogP contribution in [0.1, 0.15) is 38.9 Å². The zero-order chi connectivity index (χ0) is 15.2. The van der Waals surface area contributed by atoms with Crippen LogP contribution in [0.25, 0.3) is 0 Å². The first-order valence-corrected chi connectivity index (χ1v) is 6.39. The third-order valence-corrected chi connectivity index (χ3v) is 2.46. The van der Waals surface area contributed by atoms with Gasteiger partial charge in [0.15, 0.2) is 0 Å². The molecule has 1 aromatic carbocycles. The van der Waals surface area contributed by atoms with Gasteiger partial charge in [0.2, 0.25) is 0 Å². The van der Waals surface area contributed by atoms with Gasteiger partial charge in [-0.25, -0.2) is 15.1 Å². The third-order valence-electron chi connectivity index (χ3n) is 2.46. The smallest absolute Gasteiger partial charge is 0.407 e. The van der Waals surface area contributed by atoms with Crippen molar-refractivity contribution in [3.8, 4) is 0 Å². The zero-order valence-electron chi connectivity index (χ0n) is 12.0. The van der Waals surface area contributed by atoms with Crippen molar-refractivity contribution in [1.29, 1.82) is 0 Å². The van der Waals surface area contributed by atoms with Gasteiger partial charge in [0, 0.05) is 6.54 Å². The van der Waals surface area contributed by atoms with Gasteiger partial charge in [-0.3, -0.25) is 4.84 Å². The minimum absolute atomic E-state index is 0.313. The lowest BCUT2D eigenvalue weighted by molar-refractivity contribution is 0.0396. The summed E-state index contributed by atoms with van der Waals surface area (Å²) in [5.41, 5.74) is 0.0784. The number of carbonyl (C=O) groups excluding carboxylic acids is 1. The number of nitrogens with one attached hydrogen (secondary N) is 1. The average molecular weight is 284 g/mol. The van der Waals surface area contributed by atoms with Gasteiger partial charge in [-0.1, -0.05) is 12.1 Å². The Morgan fingerprint density at radius 2 is 2.15 bits per heavy atom. The Morgan fingerprint density at radius 1 is 1.45 bits per heavy atom. The Labute approximate surface area is 118 Å². The molecule has 0 saturated carbocycles. The van der Waals surface area contributed by atoms with Crippen LogP contribution in [0.2, 0.25) is 0 Å². The molecule has 0 aromatic heterocycles. The molecule has 1 atom stereocenters. The number of benzene rings is 1. The standard InChI is InChI=1S/C14H21FN2O3/c1-14(2,3)19-13(18)17-8-7-12(20-16)10-5-4-6-11(15)9-10/h4-6,9,12H,7-8,16H2,1-3H3,(H,17,18). The second-order valence-electron chi connectivity index (χ2n) is 5.40. The molecule has 1 aromatic rings. The molecular weight excluding hydrogens is 263 g/mol. The fourth-order valence-corrected chi connectivity index (χ4v) is 1.64. The van der Waals surface area contributed by atoms with Crippen LogP contribution in [0.3, 0.4) is 0 Å². The summed E-state index contributed by atoms with van der Waals surface area (Å²) < 4.78 is 18.2. The first-order valence-electron chi connectivity index (χ1n) is 6.39. The van der Waals surface area contributed by atoms with Crippen molar-refractivity contribution in [1.82, 2.24) is 5.32 Å². The van der Waals surface area contributed by atoms with Crippen LogP contribution in [0.4, 0.5) is 9.18 Å². The number of amides is 1. The summed E-state index contributed by atoms with van der Waals surface area (Å²) in [6.07, 6.45) is -0.577. The molecule has 0 aliphatic carbocycles. The zero-order valence-corrected chi connectivity index (χ0v) is 12.0. The normalized spacial score (nSPS) is 12.8. The molecular formula is C14H21FN2O3. The molecule has 0 radical (unpaired) electrons. The maximum atomic E-state index is 13.1. The molecule has 0 bridgehead atoms. The SMILES string of the molecule is CC(C)(C)OC(=O)NCCC(ON)c1cccc(F)c1. The number of rotatable bonds is 5. The summed E-state index contributed by atoms with van der Waals surface area (Å²) in [6, 6.07) is 5.99. The number of hydrogen-bond acceptors (Lipinski definition) is 4. The molecule has 1 amide bonds. The summed E-state index contributed by atoms with van der Waals surface area (Å²) >= 11 is 0. The molecule has 0 aliphatic rings. The predicted molar refractivity (Wildman–Crippen MR) is 73.3 cm³/mol. The largest absolute Gasteiger partial charge is 0.444 e. The van der Waals surface area contributed by atoms with Crippen molar-refractivity contribution in [2.45, 2.75) is 38.9 Å². The van der Waals surface area contributed by atoms with Gasteiger partial charge >= 0.3 is 6.09 Å². The minimum atomic E-state index is -0.545. The van der Waals surface area contributed by atoms with E-state index in [4.69, 9.17) is 15.5 Å². The number of hydrogen-bond donors (Lipinski definition) is 2. The third kappa shape index (κ3) is 5.99. The molecule has 3 N–H and O–H groups in total. The Balaban J connectivity index is 2.45. The lowest BCUT2D eigenvalue weighted by atomic mass is 10.1. The summed E-state index contributed by atoms with van der Waals surface area (Å²) in [5, 5.41) is 2.60. The van der Waals surface area contributed by atoms with Crippen molar-refractivity contribution in [2.24, 2.45) is 5.90 Å². The van der Waals surface area contributed by atoms with E-state index in [0.717, 1.165) is 0 Å². The van der Waals surface area contributed by atoms with Crippen molar-refractivity contribution >= 4 is 6.09 Å². The van der Waals surface area contributed by atoms with Crippen molar-refractivity contribution in [3.05, 3.63) is 35.6 Å². The second-order valence-corrected chi connectivity index (χ2v) is 5.40. The van der Waals surface area contributed by atoms with Gasteiger partial charge in [0.1, 0.15) is 17.5 Å². The van der Waals surface area contributed by atoms with E-state index in [1.54, 1.807) is 32.9 Å². The van der Waals surface area contributed by atoms with Crippen LogP contribution in [0, 0.1) is 5.82 Å². The van der Waals surface area contributed by atoms with Gasteiger partial charge < -0.3 is 10.1 Å². The lowest BCUT2D eigenvalue weighted by Crippen LogP contribution is -2.33. The summed E-state index contributed by atoms with van der Waals surface area (Å²) in [4.78, 5) is 16.3. The Hall–Kier alpha value is -1.66. The second kappa shape index (κ2) is 7.21. The summed E-state index contributed by atoms with van der Waals surface area (Å²) in [7, 11) is 0. The Bertz CT molecular complexity index is 446. The van der Waals surface area contributed by atoms with Crippen molar-refractivity contribution in [3.63, 3.8) is 0 Å². The molecule has 0 fully saturated rings. The van der Waals surface area contributed by atoms with Crippen LogP contribution in [-0.2, 0) is 9.57 Å². The number of halogens is 1. The number of ether oxygens (including phenoxy) is 1. The maximum absolute atomic E-state index is 13.1. The highest BCUT2D eigenvalue weighted by Crippen LogP contribution is 2.19. The summed E-state index contributed by atoms with van der Waals surface area (Å²) in [6.45, 7) is 5.66. The Morgan fingerprint density at radius 3 is 2.70 bits per heavy atom. The van der Waals surface area contributed by atoms with Crippen LogP contribution < -0.4 is 11.2 Å². The Kier molecular flexibility index (Phi) is 5.91. The van der Waals surface area contributed by atoms with E-state index in [2.05, 4.69) is 5.32 Å². The molecule has 112 valence electrons.